The van der Waals surface area contributed by atoms with Crippen molar-refractivity contribution in [2.45, 2.75) is 19.8 Å². The largest absolute Gasteiger partial charge is 0.495 e. The third-order valence-corrected chi connectivity index (χ3v) is 7.78. The van der Waals surface area contributed by atoms with Crippen LogP contribution in [0.4, 0.5) is 15.8 Å². The molecule has 204 valence electrons. The van der Waals surface area contributed by atoms with E-state index in [0.717, 1.165) is 17.3 Å². The molecule has 4 rings (SSSR count). The molecule has 3 aromatic carbocycles. The molecule has 3 aromatic rings. The molecule has 1 heterocycles. The van der Waals surface area contributed by atoms with Crippen molar-refractivity contribution in [3.8, 4) is 11.8 Å². The highest BCUT2D eigenvalue weighted by atomic mass is 35.5. The Morgan fingerprint density at radius 3 is 2.48 bits per heavy atom. The van der Waals surface area contributed by atoms with Crippen LogP contribution < -0.4 is 20.7 Å². The Labute approximate surface area is 241 Å². The van der Waals surface area contributed by atoms with Crippen LogP contribution in [0.1, 0.15) is 24.0 Å². The first-order valence-electron chi connectivity index (χ1n) is 12.2. The second-order valence-electron chi connectivity index (χ2n) is 8.88. The zero-order valence-corrected chi connectivity index (χ0v) is 23.5. The molecule has 2 amide bonds. The van der Waals surface area contributed by atoms with Crippen LogP contribution in [0.2, 0.25) is 5.02 Å². The van der Waals surface area contributed by atoms with Crippen LogP contribution in [0.15, 0.2) is 88.6 Å². The number of carbonyl (C=O) groups excluding carboxylic acids is 2. The third kappa shape index (κ3) is 6.14. The summed E-state index contributed by atoms with van der Waals surface area (Å²) >= 11 is 7.25. The number of nitrogens with zero attached hydrogens (tertiary/aromatic N) is 1. The second-order valence-corrected chi connectivity index (χ2v) is 10.3. The van der Waals surface area contributed by atoms with Gasteiger partial charge in [-0.2, -0.15) is 5.26 Å². The average Bonchev–Trinajstić information content (AvgIpc) is 2.94. The molecule has 1 aliphatic heterocycles. The van der Waals surface area contributed by atoms with Gasteiger partial charge in [-0.15, -0.1) is 0 Å². The summed E-state index contributed by atoms with van der Waals surface area (Å²) in [5.74, 6) is -1.99. The molecular weight excluding hydrogens is 551 g/mol. The number of hydrogen-bond acceptors (Lipinski definition) is 6. The van der Waals surface area contributed by atoms with E-state index in [4.69, 9.17) is 16.3 Å². The molecule has 0 aromatic heterocycles. The van der Waals surface area contributed by atoms with Gasteiger partial charge in [0, 0.05) is 27.5 Å². The number of thioether (sulfide) groups is 1. The highest BCUT2D eigenvalue weighted by Gasteiger charge is 2.36. The molecule has 40 heavy (non-hydrogen) atoms. The molecule has 0 radical (unpaired) electrons. The Kier molecular flexibility index (Phi) is 9.15. The van der Waals surface area contributed by atoms with Gasteiger partial charge in [0.1, 0.15) is 11.6 Å². The van der Waals surface area contributed by atoms with E-state index in [9.17, 15) is 14.9 Å². The van der Waals surface area contributed by atoms with Crippen molar-refractivity contribution < 1.29 is 18.7 Å². The maximum Gasteiger partial charge on any atom is 0.254 e. The maximum absolute atomic E-state index is 15.1. The van der Waals surface area contributed by atoms with E-state index in [1.165, 1.54) is 13.2 Å². The number of amides is 2. The Bertz CT molecular complexity index is 1580. The summed E-state index contributed by atoms with van der Waals surface area (Å²) in [7, 11) is 1.49. The van der Waals surface area contributed by atoms with Crippen molar-refractivity contribution in [1.29, 1.82) is 5.26 Å². The summed E-state index contributed by atoms with van der Waals surface area (Å²) in [6, 6.07) is 20.3. The van der Waals surface area contributed by atoms with E-state index < -0.39 is 17.6 Å². The normalized spacial score (nSPS) is 14.8. The van der Waals surface area contributed by atoms with Crippen molar-refractivity contribution in [2.24, 2.45) is 0 Å². The average molecular weight is 577 g/mol. The van der Waals surface area contributed by atoms with E-state index in [2.05, 4.69) is 22.0 Å². The van der Waals surface area contributed by atoms with Crippen LogP contribution in [0.5, 0.6) is 5.75 Å². The number of para-hydroxylation sites is 2. The number of nitrogens with one attached hydrogen (secondary N) is 3. The molecule has 7 nitrogen and oxygen atoms in total. The highest BCUT2D eigenvalue weighted by Crippen LogP contribution is 2.42. The van der Waals surface area contributed by atoms with Gasteiger partial charge in [0.15, 0.2) is 0 Å². The number of benzene rings is 3. The lowest BCUT2D eigenvalue weighted by molar-refractivity contribution is -0.114. The summed E-state index contributed by atoms with van der Waals surface area (Å²) in [5.41, 5.74) is 2.64. The Morgan fingerprint density at radius 1 is 1.05 bits per heavy atom. The second kappa shape index (κ2) is 12.7. The fraction of sp³-hybridized carbons (Fsp3) is 0.167. The molecule has 0 bridgehead atoms. The number of methoxy groups -OCH3 is 1. The van der Waals surface area contributed by atoms with Crippen molar-refractivity contribution in [3.63, 3.8) is 0 Å². The van der Waals surface area contributed by atoms with Crippen molar-refractivity contribution >= 4 is 46.6 Å². The quantitative estimate of drug-likeness (QED) is 0.283. The van der Waals surface area contributed by atoms with Gasteiger partial charge in [-0.3, -0.25) is 9.59 Å². The van der Waals surface area contributed by atoms with Crippen LogP contribution in [0.25, 0.3) is 0 Å². The summed E-state index contributed by atoms with van der Waals surface area (Å²) in [5, 5.41) is 19.9. The number of halogens is 2. The lowest BCUT2D eigenvalue weighted by Crippen LogP contribution is -2.31. The minimum atomic E-state index is -1.01. The zero-order valence-electron chi connectivity index (χ0n) is 22.0. The predicted octanol–water partition coefficient (Wildman–Crippen LogP) is 6.50. The number of allylic oxidation sites excluding steroid dienone is 2. The fourth-order valence-electron chi connectivity index (χ4n) is 4.35. The van der Waals surface area contributed by atoms with Gasteiger partial charge in [-0.05, 0) is 49.7 Å². The smallest absolute Gasteiger partial charge is 0.254 e. The van der Waals surface area contributed by atoms with E-state index in [-0.39, 0.29) is 28.4 Å². The van der Waals surface area contributed by atoms with Crippen LogP contribution in [0, 0.1) is 24.1 Å². The lowest BCUT2D eigenvalue weighted by Gasteiger charge is -2.30. The maximum atomic E-state index is 15.1. The molecular formula is C30H26ClFN4O3S. The topological polar surface area (TPSA) is 103 Å². The standard InChI is InChI=1S/C30H26ClFN4O3S/c1-17-21(31)10-8-13-23(17)35-26(37)16-40-30-20(15-33)28(19-9-4-5-11-22(19)32)27(18(2)34-30)29(38)36-24-12-6-7-14-25(24)39-3/h4-14,28,34H,16H2,1-3H3,(H,35,37)(H,36,38)/t28-/m0/s1. The molecule has 0 aliphatic carbocycles. The first-order valence-corrected chi connectivity index (χ1v) is 13.6. The van der Waals surface area contributed by atoms with E-state index >= 15 is 4.39 Å². The number of carbonyl (C=O) groups is 2. The number of nitriles is 1. The van der Waals surface area contributed by atoms with Crippen molar-refractivity contribution in [3.05, 3.63) is 111 Å². The molecule has 0 fully saturated rings. The van der Waals surface area contributed by atoms with E-state index in [1.807, 2.05) is 0 Å². The van der Waals surface area contributed by atoms with Gasteiger partial charge in [-0.25, -0.2) is 4.39 Å². The number of rotatable bonds is 8. The Hall–Kier alpha value is -4.26. The SMILES string of the molecule is COc1ccccc1NC(=O)C1=C(C)NC(SCC(=O)Nc2cccc(Cl)c2C)=C(C#N)[C@@H]1c1ccccc1F. The molecule has 0 saturated carbocycles. The fourth-order valence-corrected chi connectivity index (χ4v) is 5.42. The molecule has 1 atom stereocenters. The number of ether oxygens (including phenoxy) is 1. The molecule has 0 unspecified atom stereocenters. The van der Waals surface area contributed by atoms with Crippen LogP contribution in [0.3, 0.4) is 0 Å². The lowest BCUT2D eigenvalue weighted by atomic mass is 9.82. The molecule has 0 spiro atoms. The molecule has 0 saturated heterocycles. The monoisotopic (exact) mass is 576 g/mol. The summed E-state index contributed by atoms with van der Waals surface area (Å²) in [6.07, 6.45) is 0. The minimum absolute atomic E-state index is 0.0422. The summed E-state index contributed by atoms with van der Waals surface area (Å²) in [6.45, 7) is 3.48. The van der Waals surface area contributed by atoms with E-state index in [1.54, 1.807) is 74.5 Å². The molecule has 10 heteroatoms. The number of anilines is 2. The van der Waals surface area contributed by atoms with Crippen molar-refractivity contribution in [1.82, 2.24) is 5.32 Å². The predicted molar refractivity (Wildman–Crippen MR) is 157 cm³/mol. The van der Waals surface area contributed by atoms with Crippen LogP contribution >= 0.6 is 23.4 Å². The van der Waals surface area contributed by atoms with Gasteiger partial charge < -0.3 is 20.7 Å². The van der Waals surface area contributed by atoms with Crippen LogP contribution in [-0.4, -0.2) is 24.7 Å². The van der Waals surface area contributed by atoms with Gasteiger partial charge >= 0.3 is 0 Å². The number of hydrogen-bond donors (Lipinski definition) is 3. The Morgan fingerprint density at radius 2 is 1.75 bits per heavy atom. The Balaban J connectivity index is 1.66. The summed E-state index contributed by atoms with van der Waals surface area (Å²) in [4.78, 5) is 26.4. The van der Waals surface area contributed by atoms with Crippen molar-refractivity contribution in [2.75, 3.05) is 23.5 Å². The van der Waals surface area contributed by atoms with Gasteiger partial charge in [0.25, 0.3) is 5.91 Å². The van der Waals surface area contributed by atoms with Crippen LogP contribution in [-0.2, 0) is 9.59 Å². The first-order chi connectivity index (χ1) is 19.2. The summed E-state index contributed by atoms with van der Waals surface area (Å²) < 4.78 is 20.5. The first kappa shape index (κ1) is 28.7. The van der Waals surface area contributed by atoms with Gasteiger partial charge in [0.2, 0.25) is 5.91 Å². The zero-order chi connectivity index (χ0) is 28.8. The third-order valence-electron chi connectivity index (χ3n) is 6.35. The van der Waals surface area contributed by atoms with Gasteiger partial charge in [0.05, 0.1) is 41.1 Å². The van der Waals surface area contributed by atoms with E-state index in [0.29, 0.717) is 32.9 Å². The molecule has 1 aliphatic rings. The molecule has 3 N–H and O–H groups in total. The minimum Gasteiger partial charge on any atom is -0.495 e. The van der Waals surface area contributed by atoms with Gasteiger partial charge in [-0.1, -0.05) is 59.8 Å². The highest BCUT2D eigenvalue weighted by molar-refractivity contribution is 8.03. The number of dihydropyridines is 1.